The van der Waals surface area contributed by atoms with E-state index in [1.54, 1.807) is 36.2 Å². The molecule has 0 fully saturated rings. The molecule has 0 aliphatic carbocycles. The van der Waals surface area contributed by atoms with Crippen LogP contribution in [0.2, 0.25) is 0 Å². The van der Waals surface area contributed by atoms with Crippen molar-refractivity contribution in [3.8, 4) is 0 Å². The molecule has 0 bridgehead atoms. The van der Waals surface area contributed by atoms with Crippen LogP contribution in [0, 0.1) is 0 Å². The van der Waals surface area contributed by atoms with Crippen molar-refractivity contribution in [2.75, 3.05) is 11.5 Å². The first kappa shape index (κ1) is 14.9. The Labute approximate surface area is 118 Å². The standard InChI is InChI=1S/C12H19N5O2S/c1-2-20(18,19)7-3-4-11(16-13)10-8-15-17-6-5-14-9-12(10)17/h5-6,8-9,11,16H,2-4,7,13H2,1H3. The smallest absolute Gasteiger partial charge is 0.150 e. The first-order chi connectivity index (χ1) is 9.57. The summed E-state index contributed by atoms with van der Waals surface area (Å²) in [4.78, 5) is 4.07. The van der Waals surface area contributed by atoms with Crippen LogP contribution in [0.25, 0.3) is 5.52 Å². The lowest BCUT2D eigenvalue weighted by molar-refractivity contribution is 0.510. The maximum atomic E-state index is 11.5. The molecule has 1 unspecified atom stereocenters. The van der Waals surface area contributed by atoms with Gasteiger partial charge in [0.05, 0.1) is 23.7 Å². The van der Waals surface area contributed by atoms with E-state index in [9.17, 15) is 8.42 Å². The van der Waals surface area contributed by atoms with Crippen LogP contribution in [0.5, 0.6) is 0 Å². The molecule has 0 spiro atoms. The molecule has 0 aromatic carbocycles. The normalized spacial score (nSPS) is 13.7. The lowest BCUT2D eigenvalue weighted by Gasteiger charge is -2.14. The van der Waals surface area contributed by atoms with E-state index >= 15 is 0 Å². The molecule has 20 heavy (non-hydrogen) atoms. The number of rotatable bonds is 7. The van der Waals surface area contributed by atoms with Gasteiger partial charge < -0.3 is 0 Å². The SMILES string of the molecule is CCS(=O)(=O)CCCC(NN)c1cnn2ccncc12. The predicted molar refractivity (Wildman–Crippen MR) is 76.6 cm³/mol. The van der Waals surface area contributed by atoms with Crippen LogP contribution < -0.4 is 11.3 Å². The van der Waals surface area contributed by atoms with Crippen LogP contribution in [0.1, 0.15) is 31.4 Å². The van der Waals surface area contributed by atoms with Crippen molar-refractivity contribution in [1.82, 2.24) is 20.0 Å². The zero-order valence-electron chi connectivity index (χ0n) is 11.4. The molecule has 2 aromatic rings. The highest BCUT2D eigenvalue weighted by molar-refractivity contribution is 7.91. The minimum atomic E-state index is -2.94. The number of fused-ring (bicyclic) bond motifs is 1. The molecule has 2 heterocycles. The van der Waals surface area contributed by atoms with Crippen molar-refractivity contribution >= 4 is 15.4 Å². The van der Waals surface area contributed by atoms with Gasteiger partial charge in [0.25, 0.3) is 0 Å². The molecular weight excluding hydrogens is 278 g/mol. The minimum absolute atomic E-state index is 0.135. The Morgan fingerprint density at radius 1 is 1.45 bits per heavy atom. The van der Waals surface area contributed by atoms with Gasteiger partial charge in [0, 0.05) is 29.8 Å². The molecule has 2 aromatic heterocycles. The molecular formula is C12H19N5O2S. The fourth-order valence-electron chi connectivity index (χ4n) is 2.10. The maximum absolute atomic E-state index is 11.5. The number of sulfone groups is 1. The van der Waals surface area contributed by atoms with Crippen molar-refractivity contribution < 1.29 is 8.42 Å². The third-order valence-electron chi connectivity index (χ3n) is 3.32. The fraction of sp³-hybridized carbons (Fsp3) is 0.500. The summed E-state index contributed by atoms with van der Waals surface area (Å²) in [6.07, 6.45) is 8.05. The van der Waals surface area contributed by atoms with Crippen LogP contribution in [-0.4, -0.2) is 34.5 Å². The molecule has 0 amide bonds. The van der Waals surface area contributed by atoms with E-state index in [2.05, 4.69) is 15.5 Å². The Morgan fingerprint density at radius 3 is 2.95 bits per heavy atom. The average Bonchev–Trinajstić information content (AvgIpc) is 2.87. The summed E-state index contributed by atoms with van der Waals surface area (Å²) in [5.41, 5.74) is 4.52. The third kappa shape index (κ3) is 3.33. The molecule has 3 N–H and O–H groups in total. The zero-order valence-corrected chi connectivity index (χ0v) is 12.2. The number of nitrogens with one attached hydrogen (secondary N) is 1. The van der Waals surface area contributed by atoms with Gasteiger partial charge in [0.15, 0.2) is 0 Å². The first-order valence-electron chi connectivity index (χ1n) is 6.51. The number of nitrogens with two attached hydrogens (primary N) is 1. The number of hydrogen-bond donors (Lipinski definition) is 2. The van der Waals surface area contributed by atoms with Gasteiger partial charge >= 0.3 is 0 Å². The highest BCUT2D eigenvalue weighted by Gasteiger charge is 2.16. The van der Waals surface area contributed by atoms with Crippen molar-refractivity contribution in [3.05, 3.63) is 30.4 Å². The molecule has 110 valence electrons. The van der Waals surface area contributed by atoms with Crippen molar-refractivity contribution in [2.24, 2.45) is 5.84 Å². The summed E-state index contributed by atoms with van der Waals surface area (Å²) < 4.78 is 24.7. The van der Waals surface area contributed by atoms with Gasteiger partial charge in [0.1, 0.15) is 9.84 Å². The van der Waals surface area contributed by atoms with E-state index in [-0.39, 0.29) is 17.5 Å². The van der Waals surface area contributed by atoms with E-state index in [4.69, 9.17) is 5.84 Å². The molecule has 2 rings (SSSR count). The lowest BCUT2D eigenvalue weighted by Crippen LogP contribution is -2.28. The summed E-state index contributed by atoms with van der Waals surface area (Å²) in [7, 11) is -2.94. The topological polar surface area (TPSA) is 102 Å². The Bertz CT molecular complexity index is 667. The van der Waals surface area contributed by atoms with Crippen LogP contribution in [-0.2, 0) is 9.84 Å². The third-order valence-corrected chi connectivity index (χ3v) is 5.11. The quantitative estimate of drug-likeness (QED) is 0.568. The number of hydrogen-bond acceptors (Lipinski definition) is 6. The highest BCUT2D eigenvalue weighted by Crippen LogP contribution is 2.22. The van der Waals surface area contributed by atoms with Gasteiger partial charge in [-0.25, -0.2) is 12.9 Å². The molecule has 0 saturated heterocycles. The summed E-state index contributed by atoms with van der Waals surface area (Å²) in [5, 5.41) is 4.22. The zero-order chi connectivity index (χ0) is 14.6. The number of nitrogens with zero attached hydrogens (tertiary/aromatic N) is 3. The van der Waals surface area contributed by atoms with E-state index in [1.165, 1.54) is 0 Å². The summed E-state index contributed by atoms with van der Waals surface area (Å²) >= 11 is 0. The Hall–Kier alpha value is -1.51. The summed E-state index contributed by atoms with van der Waals surface area (Å²) in [6, 6.07) is -0.135. The second-order valence-corrected chi connectivity index (χ2v) is 7.08. The van der Waals surface area contributed by atoms with Crippen LogP contribution in [0.3, 0.4) is 0 Å². The Morgan fingerprint density at radius 2 is 2.25 bits per heavy atom. The van der Waals surface area contributed by atoms with E-state index in [0.717, 1.165) is 11.1 Å². The molecule has 0 saturated carbocycles. The first-order valence-corrected chi connectivity index (χ1v) is 8.33. The monoisotopic (exact) mass is 297 g/mol. The molecule has 7 nitrogen and oxygen atoms in total. The number of aromatic nitrogens is 3. The van der Waals surface area contributed by atoms with E-state index in [1.807, 2.05) is 0 Å². The van der Waals surface area contributed by atoms with Gasteiger partial charge in [-0.1, -0.05) is 6.92 Å². The van der Waals surface area contributed by atoms with Crippen molar-refractivity contribution in [1.29, 1.82) is 0 Å². The van der Waals surface area contributed by atoms with Gasteiger partial charge in [-0.05, 0) is 12.8 Å². The largest absolute Gasteiger partial charge is 0.271 e. The van der Waals surface area contributed by atoms with Crippen molar-refractivity contribution in [3.63, 3.8) is 0 Å². The average molecular weight is 297 g/mol. The molecule has 0 aliphatic heterocycles. The van der Waals surface area contributed by atoms with Gasteiger partial charge in [-0.3, -0.25) is 16.3 Å². The molecule has 0 radical (unpaired) electrons. The van der Waals surface area contributed by atoms with Crippen LogP contribution in [0.4, 0.5) is 0 Å². The Balaban J connectivity index is 2.09. The molecule has 1 atom stereocenters. The predicted octanol–water partition coefficient (Wildman–Crippen LogP) is 0.449. The summed E-state index contributed by atoms with van der Waals surface area (Å²) in [6.45, 7) is 1.66. The second kappa shape index (κ2) is 6.29. The minimum Gasteiger partial charge on any atom is -0.271 e. The van der Waals surface area contributed by atoms with Gasteiger partial charge in [-0.2, -0.15) is 5.10 Å². The van der Waals surface area contributed by atoms with Crippen molar-refractivity contribution in [2.45, 2.75) is 25.8 Å². The molecule has 0 aliphatic rings. The highest BCUT2D eigenvalue weighted by atomic mass is 32.2. The summed E-state index contributed by atoms with van der Waals surface area (Å²) in [5.74, 6) is 5.94. The lowest BCUT2D eigenvalue weighted by atomic mass is 10.1. The van der Waals surface area contributed by atoms with Gasteiger partial charge in [-0.15, -0.1) is 0 Å². The fourth-order valence-corrected chi connectivity index (χ4v) is 3.00. The Kier molecular flexibility index (Phi) is 4.69. The van der Waals surface area contributed by atoms with E-state index < -0.39 is 9.84 Å². The second-order valence-electron chi connectivity index (χ2n) is 4.60. The van der Waals surface area contributed by atoms with Crippen LogP contribution >= 0.6 is 0 Å². The van der Waals surface area contributed by atoms with Gasteiger partial charge in [0.2, 0.25) is 0 Å². The molecule has 8 heteroatoms. The maximum Gasteiger partial charge on any atom is 0.150 e. The number of hydrazine groups is 1. The van der Waals surface area contributed by atoms with Crippen LogP contribution in [0.15, 0.2) is 24.8 Å². The van der Waals surface area contributed by atoms with E-state index in [0.29, 0.717) is 12.8 Å².